The first-order chi connectivity index (χ1) is 7.45. The second kappa shape index (κ2) is 8.53. The lowest BCUT2D eigenvalue weighted by molar-refractivity contribution is -0.146. The van der Waals surface area contributed by atoms with E-state index in [-0.39, 0.29) is 24.3 Å². The zero-order valence-corrected chi connectivity index (χ0v) is 11.0. The first-order valence-corrected chi connectivity index (χ1v) is 5.86. The molecule has 0 amide bonds. The monoisotopic (exact) mass is 232 g/mol. The van der Waals surface area contributed by atoms with Gasteiger partial charge in [0.05, 0.1) is 24.9 Å². The van der Waals surface area contributed by atoms with Gasteiger partial charge in [0.15, 0.2) is 0 Å². The Bertz CT molecular complexity index is 193. The van der Waals surface area contributed by atoms with Gasteiger partial charge in [0.2, 0.25) is 0 Å². The first kappa shape index (κ1) is 15.4. The minimum Gasteiger partial charge on any atom is -0.463 e. The highest BCUT2D eigenvalue weighted by atomic mass is 16.6. The Morgan fingerprint density at radius 3 is 2.19 bits per heavy atom. The molecule has 0 aliphatic carbocycles. The maximum atomic E-state index is 10.6. The summed E-state index contributed by atoms with van der Waals surface area (Å²) in [6.07, 6.45) is 1.22. The Balaban J connectivity index is 3.58. The summed E-state index contributed by atoms with van der Waals surface area (Å²) in [4.78, 5) is 10.6. The first-order valence-electron chi connectivity index (χ1n) is 5.86. The quantitative estimate of drug-likeness (QED) is 0.602. The molecule has 0 aromatic rings. The second-order valence-corrected chi connectivity index (χ2v) is 4.11. The maximum absolute atomic E-state index is 10.6. The molecule has 0 heterocycles. The van der Waals surface area contributed by atoms with E-state index in [0.717, 1.165) is 6.42 Å². The number of carbonyl (C=O) groups is 1. The average molecular weight is 232 g/mol. The molecular weight excluding hydrogens is 208 g/mol. The van der Waals surface area contributed by atoms with Gasteiger partial charge in [-0.3, -0.25) is 4.79 Å². The fourth-order valence-corrected chi connectivity index (χ4v) is 1.11. The van der Waals surface area contributed by atoms with Crippen LogP contribution in [0, 0.1) is 0 Å². The predicted octanol–water partition coefficient (Wildman–Crippen LogP) is 2.16. The van der Waals surface area contributed by atoms with Gasteiger partial charge in [0, 0.05) is 6.92 Å². The van der Waals surface area contributed by atoms with Crippen molar-refractivity contribution in [3.05, 3.63) is 0 Å². The lowest BCUT2D eigenvalue weighted by Gasteiger charge is -2.20. The zero-order valence-electron chi connectivity index (χ0n) is 11.0. The summed E-state index contributed by atoms with van der Waals surface area (Å²) >= 11 is 0. The van der Waals surface area contributed by atoms with E-state index in [0.29, 0.717) is 13.2 Å². The van der Waals surface area contributed by atoms with Gasteiger partial charge < -0.3 is 14.2 Å². The van der Waals surface area contributed by atoms with Gasteiger partial charge in [-0.1, -0.05) is 6.92 Å². The van der Waals surface area contributed by atoms with Crippen molar-refractivity contribution >= 4 is 5.97 Å². The molecule has 3 atom stereocenters. The molecule has 0 N–H and O–H groups in total. The number of hydrogen-bond donors (Lipinski definition) is 0. The van der Waals surface area contributed by atoms with Crippen LogP contribution >= 0.6 is 0 Å². The van der Waals surface area contributed by atoms with E-state index in [4.69, 9.17) is 14.2 Å². The number of esters is 1. The van der Waals surface area contributed by atoms with Crippen molar-refractivity contribution in [3.8, 4) is 0 Å². The van der Waals surface area contributed by atoms with Crippen molar-refractivity contribution in [3.63, 3.8) is 0 Å². The maximum Gasteiger partial charge on any atom is 0.302 e. The Hall–Kier alpha value is -0.610. The smallest absolute Gasteiger partial charge is 0.302 e. The molecule has 0 spiro atoms. The lowest BCUT2D eigenvalue weighted by Crippen LogP contribution is -2.26. The normalized spacial score (nSPS) is 16.6. The van der Waals surface area contributed by atoms with Crippen LogP contribution in [0.25, 0.3) is 0 Å². The minimum atomic E-state index is -0.278. The molecule has 0 aliphatic heterocycles. The van der Waals surface area contributed by atoms with Crippen LogP contribution in [-0.2, 0) is 19.0 Å². The van der Waals surface area contributed by atoms with Crippen molar-refractivity contribution < 1.29 is 19.0 Å². The van der Waals surface area contributed by atoms with Crippen LogP contribution in [0.1, 0.15) is 41.0 Å². The highest BCUT2D eigenvalue weighted by Crippen LogP contribution is 2.03. The number of carbonyl (C=O) groups excluding carboxylic acids is 1. The topological polar surface area (TPSA) is 44.8 Å². The van der Waals surface area contributed by atoms with E-state index in [2.05, 4.69) is 6.92 Å². The molecule has 0 fully saturated rings. The van der Waals surface area contributed by atoms with E-state index >= 15 is 0 Å². The number of ether oxygens (including phenoxy) is 3. The Kier molecular flexibility index (Phi) is 8.21. The molecule has 0 bridgehead atoms. The highest BCUT2D eigenvalue weighted by Gasteiger charge is 2.10. The van der Waals surface area contributed by atoms with Crippen LogP contribution in [0.4, 0.5) is 0 Å². The number of hydrogen-bond acceptors (Lipinski definition) is 4. The Labute approximate surface area is 98.3 Å². The van der Waals surface area contributed by atoms with Crippen LogP contribution in [0.2, 0.25) is 0 Å². The van der Waals surface area contributed by atoms with E-state index in [1.165, 1.54) is 6.92 Å². The molecule has 3 unspecified atom stereocenters. The van der Waals surface area contributed by atoms with Gasteiger partial charge in [0.1, 0.15) is 6.61 Å². The third kappa shape index (κ3) is 8.68. The van der Waals surface area contributed by atoms with Gasteiger partial charge in [-0.2, -0.15) is 0 Å². The highest BCUT2D eigenvalue weighted by molar-refractivity contribution is 5.65. The average Bonchev–Trinajstić information content (AvgIpc) is 2.23. The number of rotatable bonds is 8. The van der Waals surface area contributed by atoms with Crippen molar-refractivity contribution in [1.82, 2.24) is 0 Å². The summed E-state index contributed by atoms with van der Waals surface area (Å²) in [5.41, 5.74) is 0. The third-order valence-electron chi connectivity index (χ3n) is 2.18. The summed E-state index contributed by atoms with van der Waals surface area (Å²) in [7, 11) is 0. The SMILES string of the molecule is CCC(C)OC(C)COC(C)COC(C)=O. The van der Waals surface area contributed by atoms with Crippen molar-refractivity contribution in [1.29, 1.82) is 0 Å². The molecule has 0 saturated heterocycles. The summed E-state index contributed by atoms with van der Waals surface area (Å²) in [5, 5.41) is 0. The molecule has 0 radical (unpaired) electrons. The van der Waals surface area contributed by atoms with Crippen LogP contribution < -0.4 is 0 Å². The Morgan fingerprint density at radius 1 is 1.06 bits per heavy atom. The molecule has 0 saturated carbocycles. The Morgan fingerprint density at radius 2 is 1.69 bits per heavy atom. The lowest BCUT2D eigenvalue weighted by atomic mass is 10.3. The van der Waals surface area contributed by atoms with Crippen LogP contribution in [0.3, 0.4) is 0 Å². The summed E-state index contributed by atoms with van der Waals surface area (Å²) < 4.78 is 16.0. The molecule has 0 aliphatic rings. The van der Waals surface area contributed by atoms with Gasteiger partial charge in [-0.15, -0.1) is 0 Å². The van der Waals surface area contributed by atoms with Crippen molar-refractivity contribution in [2.24, 2.45) is 0 Å². The largest absolute Gasteiger partial charge is 0.463 e. The molecule has 16 heavy (non-hydrogen) atoms. The van der Waals surface area contributed by atoms with Crippen molar-refractivity contribution in [2.75, 3.05) is 13.2 Å². The summed E-state index contributed by atoms with van der Waals surface area (Å²) in [5.74, 6) is -0.278. The van der Waals surface area contributed by atoms with Gasteiger partial charge in [0.25, 0.3) is 0 Å². The standard InChI is InChI=1S/C12H24O4/c1-6-9(2)16-11(4)8-14-10(3)7-15-12(5)13/h9-11H,6-8H2,1-5H3. The molecule has 0 rings (SSSR count). The van der Waals surface area contributed by atoms with Gasteiger partial charge in [-0.25, -0.2) is 0 Å². The van der Waals surface area contributed by atoms with Gasteiger partial charge in [-0.05, 0) is 27.2 Å². The molecule has 4 nitrogen and oxygen atoms in total. The van der Waals surface area contributed by atoms with E-state index in [1.807, 2.05) is 20.8 Å². The second-order valence-electron chi connectivity index (χ2n) is 4.11. The molecular formula is C12H24O4. The molecule has 96 valence electrons. The minimum absolute atomic E-state index is 0.0646. The predicted molar refractivity (Wildman–Crippen MR) is 62.3 cm³/mol. The fraction of sp³-hybridized carbons (Fsp3) is 0.917. The molecule has 0 aromatic heterocycles. The van der Waals surface area contributed by atoms with Crippen LogP contribution in [0.5, 0.6) is 0 Å². The van der Waals surface area contributed by atoms with Crippen LogP contribution in [0.15, 0.2) is 0 Å². The summed E-state index contributed by atoms with van der Waals surface area (Å²) in [6.45, 7) is 10.2. The van der Waals surface area contributed by atoms with Gasteiger partial charge >= 0.3 is 5.97 Å². The third-order valence-corrected chi connectivity index (χ3v) is 2.18. The van der Waals surface area contributed by atoms with Crippen LogP contribution in [-0.4, -0.2) is 37.5 Å². The molecule has 4 heteroatoms. The van der Waals surface area contributed by atoms with E-state index in [9.17, 15) is 4.79 Å². The summed E-state index contributed by atoms with van der Waals surface area (Å²) in [6, 6.07) is 0. The molecule has 0 aromatic carbocycles. The zero-order chi connectivity index (χ0) is 12.6. The van der Waals surface area contributed by atoms with E-state index < -0.39 is 0 Å². The van der Waals surface area contributed by atoms with Crippen molar-refractivity contribution in [2.45, 2.75) is 59.4 Å². The van der Waals surface area contributed by atoms with E-state index in [1.54, 1.807) is 0 Å². The fourth-order valence-electron chi connectivity index (χ4n) is 1.11.